The number of rotatable bonds is 4. The van der Waals surface area contributed by atoms with Gasteiger partial charge >= 0.3 is 0 Å². The Labute approximate surface area is 151 Å². The Morgan fingerprint density at radius 3 is 2.68 bits per heavy atom. The molecule has 1 aromatic heterocycles. The molecular weight excluding hydrogens is 340 g/mol. The molecule has 1 amide bonds. The highest BCUT2D eigenvalue weighted by molar-refractivity contribution is 8.00. The number of nitrogens with zero attached hydrogens (tertiary/aromatic N) is 1. The van der Waals surface area contributed by atoms with Gasteiger partial charge in [-0.25, -0.2) is 0 Å². The molecule has 3 rings (SSSR count). The summed E-state index contributed by atoms with van der Waals surface area (Å²) < 4.78 is 16.4. The van der Waals surface area contributed by atoms with Gasteiger partial charge in [-0.3, -0.25) is 10.1 Å². The van der Waals surface area contributed by atoms with E-state index in [9.17, 15) is 4.79 Å². The van der Waals surface area contributed by atoms with E-state index in [-0.39, 0.29) is 17.1 Å². The molecule has 25 heavy (non-hydrogen) atoms. The lowest BCUT2D eigenvalue weighted by atomic mass is 9.92. The molecule has 0 atom stereocenters. The molecule has 0 radical (unpaired) electrons. The van der Waals surface area contributed by atoms with Crippen LogP contribution in [0.1, 0.15) is 32.9 Å². The summed E-state index contributed by atoms with van der Waals surface area (Å²) in [6.07, 6.45) is 0.868. The van der Waals surface area contributed by atoms with Gasteiger partial charge in [0.1, 0.15) is 0 Å². The Kier molecular flexibility index (Phi) is 5.22. The van der Waals surface area contributed by atoms with Crippen molar-refractivity contribution in [1.82, 2.24) is 5.16 Å². The number of thioether (sulfide) groups is 1. The predicted molar refractivity (Wildman–Crippen MR) is 96.6 cm³/mol. The van der Waals surface area contributed by atoms with Crippen LogP contribution in [-0.2, 0) is 10.2 Å². The summed E-state index contributed by atoms with van der Waals surface area (Å²) in [5.41, 5.74) is 0.684. The van der Waals surface area contributed by atoms with E-state index in [1.54, 1.807) is 6.07 Å². The summed E-state index contributed by atoms with van der Waals surface area (Å²) in [4.78, 5) is 13.1. The van der Waals surface area contributed by atoms with Crippen LogP contribution in [0.2, 0.25) is 0 Å². The maximum atomic E-state index is 12.1. The number of carbonyl (C=O) groups is 1. The number of nitrogens with one attached hydrogen (secondary N) is 1. The van der Waals surface area contributed by atoms with E-state index >= 15 is 0 Å². The molecule has 1 aromatic carbocycles. The van der Waals surface area contributed by atoms with Crippen molar-refractivity contribution in [3.8, 4) is 11.5 Å². The summed E-state index contributed by atoms with van der Waals surface area (Å²) in [6, 6.07) is 7.48. The van der Waals surface area contributed by atoms with Crippen LogP contribution in [-0.4, -0.2) is 30.0 Å². The summed E-state index contributed by atoms with van der Waals surface area (Å²) >= 11 is 1.43. The van der Waals surface area contributed by atoms with Crippen molar-refractivity contribution in [2.24, 2.45) is 0 Å². The number of anilines is 1. The quantitative estimate of drug-likeness (QED) is 0.833. The van der Waals surface area contributed by atoms with Gasteiger partial charge in [-0.15, -0.1) is 11.8 Å². The summed E-state index contributed by atoms with van der Waals surface area (Å²) in [5, 5.41) is 6.72. The summed E-state index contributed by atoms with van der Waals surface area (Å²) in [7, 11) is 0. The fourth-order valence-corrected chi connectivity index (χ4v) is 2.97. The van der Waals surface area contributed by atoms with Gasteiger partial charge in [0.15, 0.2) is 11.5 Å². The minimum absolute atomic E-state index is 0.120. The highest BCUT2D eigenvalue weighted by atomic mass is 32.2. The molecule has 0 saturated carbocycles. The van der Waals surface area contributed by atoms with Gasteiger partial charge in [0, 0.05) is 22.8 Å². The maximum absolute atomic E-state index is 12.1. The number of aromatic nitrogens is 1. The average molecular weight is 362 g/mol. The topological polar surface area (TPSA) is 73.6 Å². The molecule has 1 aliphatic heterocycles. The zero-order chi connectivity index (χ0) is 17.9. The summed E-state index contributed by atoms with van der Waals surface area (Å²) in [5.74, 6) is 1.98. The van der Waals surface area contributed by atoms with Crippen LogP contribution in [0.5, 0.6) is 11.5 Å². The standard InChI is InChI=1S/C18H22N2O4S/c1-18(2,3)15-10-17(24-20-15)19-16(21)11-25-12-5-6-13-14(9-12)23-8-4-7-22-13/h5-6,9-10H,4,7-8,11H2,1-3H3,(H,19,21). The Morgan fingerprint density at radius 1 is 1.20 bits per heavy atom. The van der Waals surface area contributed by atoms with Crippen molar-refractivity contribution >= 4 is 23.6 Å². The lowest BCUT2D eigenvalue weighted by molar-refractivity contribution is -0.113. The van der Waals surface area contributed by atoms with Crippen molar-refractivity contribution < 1.29 is 18.8 Å². The van der Waals surface area contributed by atoms with Crippen LogP contribution >= 0.6 is 11.8 Å². The lowest BCUT2D eigenvalue weighted by Gasteiger charge is -2.12. The van der Waals surface area contributed by atoms with Crippen molar-refractivity contribution in [1.29, 1.82) is 0 Å². The molecule has 0 aliphatic carbocycles. The first-order valence-electron chi connectivity index (χ1n) is 8.21. The number of amides is 1. The van der Waals surface area contributed by atoms with Gasteiger partial charge in [0.25, 0.3) is 0 Å². The molecule has 7 heteroatoms. The van der Waals surface area contributed by atoms with Crippen molar-refractivity contribution in [2.75, 3.05) is 24.3 Å². The second kappa shape index (κ2) is 7.39. The Hall–Kier alpha value is -2.15. The van der Waals surface area contributed by atoms with Crippen LogP contribution in [0, 0.1) is 0 Å². The van der Waals surface area contributed by atoms with E-state index in [0.29, 0.717) is 19.1 Å². The Balaban J connectivity index is 1.55. The van der Waals surface area contributed by atoms with Crippen LogP contribution in [0.25, 0.3) is 0 Å². The second-order valence-electron chi connectivity index (χ2n) is 6.82. The first-order valence-corrected chi connectivity index (χ1v) is 9.20. The normalized spacial score (nSPS) is 14.0. The molecule has 0 spiro atoms. The SMILES string of the molecule is CC(C)(C)c1cc(NC(=O)CSc2ccc3c(c2)OCCCO3)on1. The van der Waals surface area contributed by atoms with Crippen molar-refractivity contribution in [2.45, 2.75) is 37.5 Å². The molecule has 0 bridgehead atoms. The Morgan fingerprint density at radius 2 is 1.96 bits per heavy atom. The van der Waals surface area contributed by atoms with E-state index in [1.165, 1.54) is 11.8 Å². The lowest BCUT2D eigenvalue weighted by Crippen LogP contribution is -2.14. The zero-order valence-electron chi connectivity index (χ0n) is 14.6. The van der Waals surface area contributed by atoms with E-state index in [4.69, 9.17) is 14.0 Å². The zero-order valence-corrected chi connectivity index (χ0v) is 15.4. The van der Waals surface area contributed by atoms with Gasteiger partial charge in [-0.1, -0.05) is 25.9 Å². The minimum Gasteiger partial charge on any atom is -0.490 e. The molecule has 6 nitrogen and oxygen atoms in total. The van der Waals surface area contributed by atoms with Crippen molar-refractivity contribution in [3.05, 3.63) is 30.0 Å². The summed E-state index contributed by atoms with van der Waals surface area (Å²) in [6.45, 7) is 7.42. The highest BCUT2D eigenvalue weighted by Gasteiger charge is 2.19. The minimum atomic E-state index is -0.145. The number of fused-ring (bicyclic) bond motifs is 1. The highest BCUT2D eigenvalue weighted by Crippen LogP contribution is 2.34. The van der Waals surface area contributed by atoms with E-state index in [2.05, 4.69) is 10.5 Å². The molecule has 1 aliphatic rings. The first kappa shape index (κ1) is 17.7. The van der Waals surface area contributed by atoms with Crippen molar-refractivity contribution in [3.63, 3.8) is 0 Å². The molecule has 134 valence electrons. The molecule has 2 heterocycles. The number of carbonyl (C=O) groups excluding carboxylic acids is 1. The Bertz CT molecular complexity index is 752. The van der Waals surface area contributed by atoms with Gasteiger partial charge < -0.3 is 14.0 Å². The molecular formula is C18H22N2O4S. The largest absolute Gasteiger partial charge is 0.490 e. The third kappa shape index (κ3) is 4.69. The third-order valence-electron chi connectivity index (χ3n) is 3.63. The van der Waals surface area contributed by atoms with Crippen LogP contribution < -0.4 is 14.8 Å². The second-order valence-corrected chi connectivity index (χ2v) is 7.87. The monoisotopic (exact) mass is 362 g/mol. The first-order chi connectivity index (χ1) is 11.9. The van der Waals surface area contributed by atoms with Crippen LogP contribution in [0.15, 0.2) is 33.7 Å². The van der Waals surface area contributed by atoms with E-state index in [1.807, 2.05) is 39.0 Å². The van der Waals surface area contributed by atoms with Gasteiger partial charge in [0.2, 0.25) is 11.8 Å². The van der Waals surface area contributed by atoms with Gasteiger partial charge in [-0.05, 0) is 18.2 Å². The smallest absolute Gasteiger partial charge is 0.237 e. The van der Waals surface area contributed by atoms with E-state index in [0.717, 1.165) is 28.5 Å². The average Bonchev–Trinajstić information content (AvgIpc) is 2.90. The maximum Gasteiger partial charge on any atom is 0.237 e. The molecule has 0 fully saturated rings. The van der Waals surface area contributed by atoms with Gasteiger partial charge in [-0.2, -0.15) is 0 Å². The predicted octanol–water partition coefficient (Wildman–Crippen LogP) is 3.86. The number of ether oxygens (including phenoxy) is 2. The fourth-order valence-electron chi connectivity index (χ4n) is 2.24. The molecule has 0 unspecified atom stereocenters. The molecule has 0 saturated heterocycles. The number of benzene rings is 1. The van der Waals surface area contributed by atoms with Gasteiger partial charge in [0.05, 0.1) is 24.7 Å². The fraction of sp³-hybridized carbons (Fsp3) is 0.444. The van der Waals surface area contributed by atoms with E-state index < -0.39 is 0 Å². The molecule has 2 aromatic rings. The third-order valence-corrected chi connectivity index (χ3v) is 4.62. The van der Waals surface area contributed by atoms with Crippen LogP contribution in [0.4, 0.5) is 5.88 Å². The number of hydrogen-bond acceptors (Lipinski definition) is 6. The molecule has 1 N–H and O–H groups in total. The van der Waals surface area contributed by atoms with Crippen LogP contribution in [0.3, 0.4) is 0 Å². The number of hydrogen-bond donors (Lipinski definition) is 1.